The number of urea groups is 1. The zero-order valence-electron chi connectivity index (χ0n) is 23.0. The standard InChI is InChI=1S/C28H43F3N4O4/c1-32-17-22(16-19-9-11-21(29)12-10-19)34-26(36)35-15-4-6-20(18-35)28(38,13-5-14-33-27(37)39-2)23-7-3-8-24(30)25(23)31/h3,7-8,19-22,32,38H,4-6,9-18H2,1-2H3,(H,33,37)(H,34,36)/t19?,20-,21?,22+,28?/m1/s1. The molecule has 0 spiro atoms. The minimum atomic E-state index is -1.75. The van der Waals surface area contributed by atoms with Gasteiger partial charge in [0, 0.05) is 43.7 Å². The zero-order valence-corrected chi connectivity index (χ0v) is 23.0. The van der Waals surface area contributed by atoms with Crippen LogP contribution in [0, 0.1) is 23.5 Å². The lowest BCUT2D eigenvalue weighted by Gasteiger charge is -2.43. The molecule has 39 heavy (non-hydrogen) atoms. The normalized spacial score (nSPS) is 23.9. The summed E-state index contributed by atoms with van der Waals surface area (Å²) in [6.07, 6.45) is 3.58. The van der Waals surface area contributed by atoms with Crippen LogP contribution in [0.1, 0.15) is 63.4 Å². The average Bonchev–Trinajstić information content (AvgIpc) is 2.93. The van der Waals surface area contributed by atoms with Gasteiger partial charge in [0.15, 0.2) is 11.6 Å². The smallest absolute Gasteiger partial charge is 0.406 e. The summed E-state index contributed by atoms with van der Waals surface area (Å²) in [4.78, 5) is 26.4. The van der Waals surface area contributed by atoms with E-state index in [0.717, 1.165) is 25.3 Å². The van der Waals surface area contributed by atoms with Crippen LogP contribution in [-0.4, -0.2) is 74.7 Å². The Kier molecular flexibility index (Phi) is 11.7. The Morgan fingerprint density at radius 2 is 1.95 bits per heavy atom. The molecule has 2 aliphatic rings. The molecule has 1 saturated carbocycles. The van der Waals surface area contributed by atoms with Gasteiger partial charge in [0.25, 0.3) is 0 Å². The number of amides is 3. The molecule has 4 N–H and O–H groups in total. The maximum absolute atomic E-state index is 15.0. The molecule has 1 heterocycles. The predicted molar refractivity (Wildman–Crippen MR) is 142 cm³/mol. The van der Waals surface area contributed by atoms with Gasteiger partial charge in [-0.05, 0) is 76.8 Å². The van der Waals surface area contributed by atoms with E-state index in [1.54, 1.807) is 4.90 Å². The van der Waals surface area contributed by atoms with Gasteiger partial charge in [-0.1, -0.05) is 12.1 Å². The molecular formula is C28H43F3N4O4. The number of nitrogens with one attached hydrogen (secondary N) is 3. The largest absolute Gasteiger partial charge is 0.453 e. The minimum absolute atomic E-state index is 0.0527. The third-order valence-corrected chi connectivity index (χ3v) is 8.16. The van der Waals surface area contributed by atoms with Crippen molar-refractivity contribution in [2.45, 2.75) is 75.6 Å². The third-order valence-electron chi connectivity index (χ3n) is 8.16. The van der Waals surface area contributed by atoms with E-state index in [9.17, 15) is 27.9 Å². The Hall–Kier alpha value is -2.53. The number of carbonyl (C=O) groups excluding carboxylic acids is 2. The van der Waals surface area contributed by atoms with E-state index in [-0.39, 0.29) is 43.6 Å². The van der Waals surface area contributed by atoms with E-state index < -0.39 is 35.4 Å². The number of hydrogen-bond acceptors (Lipinski definition) is 5. The van der Waals surface area contributed by atoms with E-state index in [1.165, 1.54) is 19.2 Å². The molecule has 2 fully saturated rings. The molecule has 1 aliphatic carbocycles. The molecule has 1 aliphatic heterocycles. The Labute approximate surface area is 229 Å². The SMILES string of the molecule is CNC[C@H](CC1CCC(F)CC1)NC(=O)N1CCC[C@@H](C(O)(CCCNC(=O)OC)c2cccc(F)c2F)C1. The van der Waals surface area contributed by atoms with Crippen molar-refractivity contribution >= 4 is 12.1 Å². The summed E-state index contributed by atoms with van der Waals surface area (Å²) in [6.45, 7) is 1.40. The van der Waals surface area contributed by atoms with Gasteiger partial charge in [-0.15, -0.1) is 0 Å². The number of piperidine rings is 1. The van der Waals surface area contributed by atoms with Crippen molar-refractivity contribution in [2.24, 2.45) is 11.8 Å². The molecule has 0 bridgehead atoms. The number of alkyl halides is 1. The first-order valence-electron chi connectivity index (χ1n) is 14.0. The monoisotopic (exact) mass is 556 g/mol. The summed E-state index contributed by atoms with van der Waals surface area (Å²) in [5.41, 5.74) is -1.90. The van der Waals surface area contributed by atoms with E-state index in [0.29, 0.717) is 44.7 Å². The summed E-state index contributed by atoms with van der Waals surface area (Å²) in [6, 6.07) is 3.33. The average molecular weight is 557 g/mol. The fraction of sp³-hybridized carbons (Fsp3) is 0.714. The molecular weight excluding hydrogens is 513 g/mol. The van der Waals surface area contributed by atoms with E-state index in [1.807, 2.05) is 7.05 Å². The first-order chi connectivity index (χ1) is 18.7. The number of likely N-dealkylation sites (N-methyl/N-ethyl adjacent to an activating group) is 1. The van der Waals surface area contributed by atoms with Crippen LogP contribution in [0.15, 0.2) is 18.2 Å². The van der Waals surface area contributed by atoms with Crippen LogP contribution in [0.3, 0.4) is 0 Å². The molecule has 0 radical (unpaired) electrons. The molecule has 1 aromatic rings. The highest BCUT2D eigenvalue weighted by Crippen LogP contribution is 2.41. The van der Waals surface area contributed by atoms with Gasteiger partial charge in [0.1, 0.15) is 6.17 Å². The number of benzene rings is 1. The third kappa shape index (κ3) is 8.48. The summed E-state index contributed by atoms with van der Waals surface area (Å²) >= 11 is 0. The molecule has 1 aromatic carbocycles. The Morgan fingerprint density at radius 3 is 2.64 bits per heavy atom. The summed E-state index contributed by atoms with van der Waals surface area (Å²) in [5, 5.41) is 20.7. The molecule has 8 nitrogen and oxygen atoms in total. The molecule has 3 atom stereocenters. The molecule has 0 aromatic heterocycles. The van der Waals surface area contributed by atoms with Crippen LogP contribution in [0.25, 0.3) is 0 Å². The summed E-state index contributed by atoms with van der Waals surface area (Å²) < 4.78 is 47.3. The van der Waals surface area contributed by atoms with Gasteiger partial charge in [-0.3, -0.25) is 0 Å². The number of hydrogen-bond donors (Lipinski definition) is 4. The number of nitrogens with zero attached hydrogens (tertiary/aromatic N) is 1. The first-order valence-corrected chi connectivity index (χ1v) is 14.0. The van der Waals surface area contributed by atoms with Crippen molar-refractivity contribution in [1.29, 1.82) is 0 Å². The van der Waals surface area contributed by atoms with Gasteiger partial charge in [0.05, 0.1) is 12.7 Å². The molecule has 220 valence electrons. The van der Waals surface area contributed by atoms with Crippen molar-refractivity contribution in [1.82, 2.24) is 20.9 Å². The van der Waals surface area contributed by atoms with Crippen molar-refractivity contribution < 1.29 is 32.6 Å². The number of methoxy groups -OCH3 is 1. The maximum Gasteiger partial charge on any atom is 0.406 e. The van der Waals surface area contributed by atoms with Crippen molar-refractivity contribution in [3.05, 3.63) is 35.4 Å². The second-order valence-electron chi connectivity index (χ2n) is 10.9. The first kappa shape index (κ1) is 31.0. The summed E-state index contributed by atoms with van der Waals surface area (Å²) in [5.74, 6) is -2.36. The van der Waals surface area contributed by atoms with Gasteiger partial charge >= 0.3 is 12.1 Å². The molecule has 3 rings (SSSR count). The highest BCUT2D eigenvalue weighted by molar-refractivity contribution is 5.74. The minimum Gasteiger partial charge on any atom is -0.453 e. The van der Waals surface area contributed by atoms with Crippen LogP contribution < -0.4 is 16.0 Å². The Morgan fingerprint density at radius 1 is 1.21 bits per heavy atom. The van der Waals surface area contributed by atoms with Crippen molar-refractivity contribution in [3.8, 4) is 0 Å². The van der Waals surface area contributed by atoms with Crippen LogP contribution in [-0.2, 0) is 10.3 Å². The number of aliphatic hydroxyl groups is 1. The van der Waals surface area contributed by atoms with E-state index in [4.69, 9.17) is 0 Å². The Bertz CT molecular complexity index is 947. The van der Waals surface area contributed by atoms with E-state index in [2.05, 4.69) is 20.7 Å². The molecule has 1 saturated heterocycles. The second kappa shape index (κ2) is 14.7. The lowest BCUT2D eigenvalue weighted by Crippen LogP contribution is -2.54. The maximum atomic E-state index is 15.0. The van der Waals surface area contributed by atoms with Gasteiger partial charge < -0.3 is 30.7 Å². The number of rotatable bonds is 11. The fourth-order valence-corrected chi connectivity index (χ4v) is 6.03. The van der Waals surface area contributed by atoms with E-state index >= 15 is 0 Å². The van der Waals surface area contributed by atoms with Crippen molar-refractivity contribution in [2.75, 3.05) is 40.3 Å². The van der Waals surface area contributed by atoms with Crippen LogP contribution in [0.4, 0.5) is 22.8 Å². The van der Waals surface area contributed by atoms with Crippen LogP contribution >= 0.6 is 0 Å². The molecule has 11 heteroatoms. The number of likely N-dealkylation sites (tertiary alicyclic amines) is 1. The topological polar surface area (TPSA) is 103 Å². The van der Waals surface area contributed by atoms with Gasteiger partial charge in [0.2, 0.25) is 0 Å². The molecule has 1 unspecified atom stereocenters. The van der Waals surface area contributed by atoms with Crippen molar-refractivity contribution in [3.63, 3.8) is 0 Å². The van der Waals surface area contributed by atoms with Gasteiger partial charge in [-0.2, -0.15) is 0 Å². The highest BCUT2D eigenvalue weighted by Gasteiger charge is 2.43. The lowest BCUT2D eigenvalue weighted by atomic mass is 9.74. The number of ether oxygens (including phenoxy) is 1. The fourth-order valence-electron chi connectivity index (χ4n) is 6.03. The quantitative estimate of drug-likeness (QED) is 0.306. The van der Waals surface area contributed by atoms with Crippen LogP contribution in [0.2, 0.25) is 0 Å². The molecule has 3 amide bonds. The number of alkyl carbamates (subject to hydrolysis) is 1. The second-order valence-corrected chi connectivity index (χ2v) is 10.9. The number of halogens is 3. The highest BCUT2D eigenvalue weighted by atomic mass is 19.2. The summed E-state index contributed by atoms with van der Waals surface area (Å²) in [7, 11) is 3.06. The predicted octanol–water partition coefficient (Wildman–Crippen LogP) is 4.22. The van der Waals surface area contributed by atoms with Crippen LogP contribution in [0.5, 0.6) is 0 Å². The number of carbonyl (C=O) groups is 2. The van der Waals surface area contributed by atoms with Gasteiger partial charge in [-0.25, -0.2) is 22.8 Å². The zero-order chi connectivity index (χ0) is 28.4. The lowest BCUT2D eigenvalue weighted by molar-refractivity contribution is -0.0580. The Balaban J connectivity index is 1.71.